The Kier molecular flexibility index (Phi) is 6.56. The van der Waals surface area contributed by atoms with E-state index in [1.165, 1.54) is 43.5 Å². The number of H-pyrrole nitrogens is 1. The van der Waals surface area contributed by atoms with Gasteiger partial charge in [-0.3, -0.25) is 0 Å². The van der Waals surface area contributed by atoms with Crippen molar-refractivity contribution in [2.45, 2.75) is 45.3 Å². The van der Waals surface area contributed by atoms with Gasteiger partial charge in [-0.05, 0) is 56.9 Å². The van der Waals surface area contributed by atoms with Crippen molar-refractivity contribution in [2.75, 3.05) is 12.3 Å². The van der Waals surface area contributed by atoms with Gasteiger partial charge in [-0.2, -0.15) is 17.5 Å². The van der Waals surface area contributed by atoms with Crippen LogP contribution in [0.4, 0.5) is 19.1 Å². The third-order valence-electron chi connectivity index (χ3n) is 5.21. The number of nitrogens with zero attached hydrogens (tertiary/aromatic N) is 5. The van der Waals surface area contributed by atoms with Gasteiger partial charge in [-0.1, -0.05) is 6.42 Å². The number of pyridine rings is 1. The van der Waals surface area contributed by atoms with Crippen LogP contribution in [0.2, 0.25) is 0 Å². The summed E-state index contributed by atoms with van der Waals surface area (Å²) in [6.45, 7) is 5.25. The van der Waals surface area contributed by atoms with Crippen molar-refractivity contribution in [3.8, 4) is 22.0 Å². The van der Waals surface area contributed by atoms with E-state index in [0.717, 1.165) is 6.04 Å². The summed E-state index contributed by atoms with van der Waals surface area (Å²) in [4.78, 5) is 18.8. The number of nitrogens with two attached hydrogens (primary N) is 1. The molecular formula is C21H23F3N8S. The maximum absolute atomic E-state index is 13.3. The van der Waals surface area contributed by atoms with E-state index in [2.05, 4.69) is 41.5 Å². The van der Waals surface area contributed by atoms with E-state index < -0.39 is 11.7 Å². The molecule has 4 aromatic rings. The standard InChI is InChI=1S/C15H10F3N7S.C6H13N/c1-6-22-13(26-25-6)10-3-2-7-8(4-20-12(7)23-10)11-9(15(16,17)18)5-21-14(19)24-11;1-6-4-2-3-5-7-6/h2-5H,1H3,(H,20,23)(H2,19,21,24);6-7H,2-5H2,1H3. The van der Waals surface area contributed by atoms with Gasteiger partial charge in [0.25, 0.3) is 0 Å². The van der Waals surface area contributed by atoms with Crippen LogP contribution in [0, 0.1) is 6.92 Å². The van der Waals surface area contributed by atoms with Crippen LogP contribution in [-0.4, -0.2) is 41.9 Å². The Morgan fingerprint density at radius 1 is 1.15 bits per heavy atom. The van der Waals surface area contributed by atoms with Gasteiger partial charge in [0.15, 0.2) is 5.01 Å². The van der Waals surface area contributed by atoms with Crippen molar-refractivity contribution in [1.29, 1.82) is 0 Å². The molecule has 1 atom stereocenters. The van der Waals surface area contributed by atoms with E-state index in [-0.39, 0.29) is 17.2 Å². The lowest BCUT2D eigenvalue weighted by molar-refractivity contribution is -0.137. The maximum atomic E-state index is 13.3. The number of anilines is 1. The third-order valence-corrected chi connectivity index (χ3v) is 6.04. The molecule has 0 amide bonds. The second-order valence-electron chi connectivity index (χ2n) is 7.78. The number of nitrogen functional groups attached to an aromatic ring is 1. The minimum absolute atomic E-state index is 0.240. The summed E-state index contributed by atoms with van der Waals surface area (Å²) >= 11 is 1.20. The van der Waals surface area contributed by atoms with Gasteiger partial charge < -0.3 is 16.0 Å². The van der Waals surface area contributed by atoms with Gasteiger partial charge in [0.05, 0.1) is 5.69 Å². The molecule has 5 rings (SSSR count). The summed E-state index contributed by atoms with van der Waals surface area (Å²) in [5.74, 6) is 0.390. The molecule has 33 heavy (non-hydrogen) atoms. The number of aryl methyl sites for hydroxylation is 1. The molecule has 1 saturated heterocycles. The van der Waals surface area contributed by atoms with Crippen LogP contribution in [0.25, 0.3) is 33.0 Å². The molecule has 1 aliphatic heterocycles. The number of aromatic nitrogens is 6. The first kappa shape index (κ1) is 23.1. The Morgan fingerprint density at radius 2 is 1.97 bits per heavy atom. The molecule has 0 bridgehead atoms. The Labute approximate surface area is 192 Å². The van der Waals surface area contributed by atoms with Crippen molar-refractivity contribution in [1.82, 2.24) is 34.6 Å². The molecule has 0 spiro atoms. The summed E-state index contributed by atoms with van der Waals surface area (Å²) in [6.07, 6.45) is 1.68. The molecule has 0 aliphatic carbocycles. The number of nitrogens with one attached hydrogen (secondary N) is 2. The normalized spacial score (nSPS) is 16.5. The summed E-state index contributed by atoms with van der Waals surface area (Å²) in [5, 5.41) is 4.49. The average molecular weight is 477 g/mol. The number of alkyl halides is 3. The van der Waals surface area contributed by atoms with Crippen LogP contribution in [0.15, 0.2) is 24.5 Å². The van der Waals surface area contributed by atoms with E-state index in [9.17, 15) is 13.2 Å². The summed E-state index contributed by atoms with van der Waals surface area (Å²) in [6, 6.07) is 4.13. The molecule has 1 unspecified atom stereocenters. The second kappa shape index (κ2) is 9.40. The first-order chi connectivity index (χ1) is 15.7. The summed E-state index contributed by atoms with van der Waals surface area (Å²) < 4.78 is 44.0. The van der Waals surface area contributed by atoms with Crippen LogP contribution in [-0.2, 0) is 6.18 Å². The topological polar surface area (TPSA) is 118 Å². The fourth-order valence-corrected chi connectivity index (χ4v) is 4.19. The average Bonchev–Trinajstić information content (AvgIpc) is 3.39. The first-order valence-corrected chi connectivity index (χ1v) is 11.2. The molecule has 1 fully saturated rings. The zero-order valence-electron chi connectivity index (χ0n) is 18.1. The van der Waals surface area contributed by atoms with Crippen LogP contribution in [0.1, 0.15) is 37.6 Å². The number of rotatable bonds is 2. The number of hydrogen-bond donors (Lipinski definition) is 3. The predicted octanol–water partition coefficient (Wildman–Crippen LogP) is 4.60. The SMILES string of the molecule is CC1CCCCN1.Cc1nsc(-c2ccc3c(-c4nc(N)ncc4C(F)(F)F)c[nH]c3n2)n1. The van der Waals surface area contributed by atoms with Crippen LogP contribution < -0.4 is 11.1 Å². The highest BCUT2D eigenvalue weighted by molar-refractivity contribution is 7.09. The van der Waals surface area contributed by atoms with Crippen LogP contribution in [0.3, 0.4) is 0 Å². The van der Waals surface area contributed by atoms with E-state index in [0.29, 0.717) is 33.8 Å². The zero-order chi connectivity index (χ0) is 23.6. The van der Waals surface area contributed by atoms with Gasteiger partial charge in [-0.25, -0.2) is 19.9 Å². The van der Waals surface area contributed by atoms with Crippen molar-refractivity contribution >= 4 is 28.5 Å². The maximum Gasteiger partial charge on any atom is 0.419 e. The minimum atomic E-state index is -4.61. The lowest BCUT2D eigenvalue weighted by Crippen LogP contribution is -2.30. The molecule has 12 heteroatoms. The molecule has 8 nitrogen and oxygen atoms in total. The Bertz CT molecular complexity index is 1240. The number of halogens is 3. The Morgan fingerprint density at radius 3 is 2.58 bits per heavy atom. The Hall–Kier alpha value is -3.12. The fourth-order valence-electron chi connectivity index (χ4n) is 3.56. The molecule has 1 aliphatic rings. The predicted molar refractivity (Wildman–Crippen MR) is 121 cm³/mol. The van der Waals surface area contributed by atoms with E-state index in [1.54, 1.807) is 19.1 Å². The smallest absolute Gasteiger partial charge is 0.368 e. The molecule has 4 N–H and O–H groups in total. The number of fused-ring (bicyclic) bond motifs is 1. The van der Waals surface area contributed by atoms with Crippen LogP contribution >= 0.6 is 11.5 Å². The molecule has 5 heterocycles. The second-order valence-corrected chi connectivity index (χ2v) is 8.53. The van der Waals surface area contributed by atoms with Gasteiger partial charge in [0, 0.05) is 29.4 Å². The molecular weight excluding hydrogens is 453 g/mol. The molecule has 0 radical (unpaired) electrons. The molecule has 174 valence electrons. The van der Waals surface area contributed by atoms with Gasteiger partial charge in [-0.15, -0.1) is 0 Å². The highest BCUT2D eigenvalue weighted by Gasteiger charge is 2.36. The highest BCUT2D eigenvalue weighted by atomic mass is 32.1. The number of hydrogen-bond acceptors (Lipinski definition) is 8. The quantitative estimate of drug-likeness (QED) is 0.387. The largest absolute Gasteiger partial charge is 0.419 e. The lowest BCUT2D eigenvalue weighted by Gasteiger charge is -2.18. The van der Waals surface area contributed by atoms with Gasteiger partial charge in [0.1, 0.15) is 22.7 Å². The third kappa shape index (κ3) is 5.28. The van der Waals surface area contributed by atoms with Crippen molar-refractivity contribution in [3.63, 3.8) is 0 Å². The van der Waals surface area contributed by atoms with E-state index in [1.807, 2.05) is 0 Å². The van der Waals surface area contributed by atoms with Crippen molar-refractivity contribution in [2.24, 2.45) is 0 Å². The highest BCUT2D eigenvalue weighted by Crippen LogP contribution is 2.38. The van der Waals surface area contributed by atoms with Gasteiger partial charge in [0.2, 0.25) is 5.95 Å². The number of piperidine rings is 1. The van der Waals surface area contributed by atoms with E-state index in [4.69, 9.17) is 5.73 Å². The van der Waals surface area contributed by atoms with Crippen molar-refractivity contribution < 1.29 is 13.2 Å². The van der Waals surface area contributed by atoms with E-state index >= 15 is 0 Å². The first-order valence-electron chi connectivity index (χ1n) is 10.4. The molecule has 0 aromatic carbocycles. The van der Waals surface area contributed by atoms with Gasteiger partial charge >= 0.3 is 6.18 Å². The van der Waals surface area contributed by atoms with Crippen LogP contribution in [0.5, 0.6) is 0 Å². The minimum Gasteiger partial charge on any atom is -0.368 e. The lowest BCUT2D eigenvalue weighted by atomic mass is 10.1. The molecule has 4 aromatic heterocycles. The zero-order valence-corrected chi connectivity index (χ0v) is 18.9. The monoisotopic (exact) mass is 476 g/mol. The molecule has 0 saturated carbocycles. The summed E-state index contributed by atoms with van der Waals surface area (Å²) in [5.41, 5.74) is 5.47. The summed E-state index contributed by atoms with van der Waals surface area (Å²) in [7, 11) is 0. The number of aromatic amines is 1. The fraction of sp³-hybridized carbons (Fsp3) is 0.381. The van der Waals surface area contributed by atoms with Crippen molar-refractivity contribution in [3.05, 3.63) is 35.9 Å². The Balaban J connectivity index is 0.000000318.